The van der Waals surface area contributed by atoms with Crippen LogP contribution in [0.3, 0.4) is 0 Å². The Bertz CT molecular complexity index is 780. The molecule has 0 bridgehead atoms. The summed E-state index contributed by atoms with van der Waals surface area (Å²) in [6.45, 7) is 1.08. The van der Waals surface area contributed by atoms with Crippen molar-refractivity contribution in [2.75, 3.05) is 0 Å². The lowest BCUT2D eigenvalue weighted by atomic mass is 10.3. The van der Waals surface area contributed by atoms with Gasteiger partial charge in [0.15, 0.2) is 11.6 Å². The molecule has 0 amide bonds. The molecule has 3 aromatic carbocycles. The molecule has 0 saturated carbocycles. The van der Waals surface area contributed by atoms with Crippen LogP contribution in [0.15, 0.2) is 78.9 Å². The predicted octanol–water partition coefficient (Wildman–Crippen LogP) is 3.81. The number of aliphatic carboxylic acids is 1. The zero-order valence-corrected chi connectivity index (χ0v) is 14.5. The number of benzene rings is 3. The van der Waals surface area contributed by atoms with Gasteiger partial charge in [0.2, 0.25) is 0 Å². The third-order valence-corrected chi connectivity index (χ3v) is 5.66. The zero-order valence-electron chi connectivity index (χ0n) is 13.6. The molecule has 3 aromatic rings. The van der Waals surface area contributed by atoms with Crippen LogP contribution < -0.4 is 15.9 Å². The normalized spacial score (nSPS) is 10.1. The first-order valence-corrected chi connectivity index (χ1v) is 8.88. The highest BCUT2D eigenvalue weighted by atomic mass is 31.1. The number of carbonyl (C=O) groups is 1. The molecule has 25 heavy (non-hydrogen) atoms. The van der Waals surface area contributed by atoms with Crippen LogP contribution in [0, 0.1) is 11.6 Å². The van der Waals surface area contributed by atoms with Gasteiger partial charge in [-0.05, 0) is 24.6 Å². The van der Waals surface area contributed by atoms with Crippen LogP contribution in [-0.4, -0.2) is 11.1 Å². The van der Waals surface area contributed by atoms with E-state index < -0.39 is 25.5 Å². The van der Waals surface area contributed by atoms with Gasteiger partial charge in [0.25, 0.3) is 5.97 Å². The van der Waals surface area contributed by atoms with Gasteiger partial charge in [-0.1, -0.05) is 72.8 Å². The molecule has 2 nitrogen and oxygen atoms in total. The lowest BCUT2D eigenvalue weighted by molar-refractivity contribution is -0.134. The summed E-state index contributed by atoms with van der Waals surface area (Å²) in [7, 11) is -1.10. The molecule has 0 aliphatic carbocycles. The molecule has 0 heterocycles. The summed E-state index contributed by atoms with van der Waals surface area (Å²) in [5.41, 5.74) is 0. The highest BCUT2D eigenvalue weighted by Crippen LogP contribution is 2.33. The largest absolute Gasteiger partial charge is 0.481 e. The van der Waals surface area contributed by atoms with Gasteiger partial charge < -0.3 is 5.11 Å². The smallest absolute Gasteiger partial charge is 0.300 e. The van der Waals surface area contributed by atoms with E-state index in [1.54, 1.807) is 12.1 Å². The van der Waals surface area contributed by atoms with Crippen molar-refractivity contribution in [2.45, 2.75) is 6.92 Å². The molecule has 128 valence electrons. The molecular weight excluding hydrogens is 341 g/mol. The molecule has 0 radical (unpaired) electrons. The summed E-state index contributed by atoms with van der Waals surface area (Å²) in [5, 5.41) is 9.84. The van der Waals surface area contributed by atoms with E-state index in [0.717, 1.165) is 23.6 Å². The van der Waals surface area contributed by atoms with Crippen molar-refractivity contribution < 1.29 is 18.7 Å². The molecule has 0 fully saturated rings. The second-order valence-electron chi connectivity index (χ2n) is 5.10. The Kier molecular flexibility index (Phi) is 6.79. The van der Waals surface area contributed by atoms with Gasteiger partial charge in [-0.25, -0.2) is 8.78 Å². The van der Waals surface area contributed by atoms with Crippen LogP contribution in [0.4, 0.5) is 8.78 Å². The zero-order chi connectivity index (χ0) is 18.2. The van der Waals surface area contributed by atoms with Crippen molar-refractivity contribution in [3.8, 4) is 0 Å². The average molecular weight is 358 g/mol. The fraction of sp³-hybridized carbons (Fsp3) is 0.0500. The first kappa shape index (κ1) is 18.8. The topological polar surface area (TPSA) is 37.3 Å². The Morgan fingerprint density at radius 2 is 1.24 bits per heavy atom. The van der Waals surface area contributed by atoms with Gasteiger partial charge in [-0.2, -0.15) is 0 Å². The summed E-state index contributed by atoms with van der Waals surface area (Å²) in [6, 6.07) is 23.8. The van der Waals surface area contributed by atoms with Gasteiger partial charge in [0, 0.05) is 12.2 Å². The van der Waals surface area contributed by atoms with E-state index >= 15 is 0 Å². The maximum atomic E-state index is 14.3. The predicted molar refractivity (Wildman–Crippen MR) is 98.4 cm³/mol. The van der Waals surface area contributed by atoms with Crippen molar-refractivity contribution in [3.05, 3.63) is 90.5 Å². The van der Waals surface area contributed by atoms with E-state index in [2.05, 4.69) is 0 Å². The van der Waals surface area contributed by atoms with E-state index in [1.807, 2.05) is 60.7 Å². The Balaban J connectivity index is 0.000000511. The van der Waals surface area contributed by atoms with Crippen molar-refractivity contribution in [2.24, 2.45) is 0 Å². The highest BCUT2D eigenvalue weighted by molar-refractivity contribution is 7.79. The third kappa shape index (κ3) is 5.20. The quantitative estimate of drug-likeness (QED) is 0.723. The number of carboxylic acid groups (broad SMARTS) is 1. The van der Waals surface area contributed by atoms with Gasteiger partial charge >= 0.3 is 0 Å². The molecule has 0 aliphatic heterocycles. The maximum absolute atomic E-state index is 14.3. The second-order valence-corrected chi connectivity index (χ2v) is 7.28. The minimum Gasteiger partial charge on any atom is -0.481 e. The van der Waals surface area contributed by atoms with E-state index in [1.165, 1.54) is 0 Å². The molecule has 0 aliphatic rings. The average Bonchev–Trinajstić information content (AvgIpc) is 2.60. The first-order chi connectivity index (χ1) is 12.0. The van der Waals surface area contributed by atoms with E-state index in [0.29, 0.717) is 5.30 Å². The van der Waals surface area contributed by atoms with Crippen LogP contribution in [-0.2, 0) is 4.79 Å². The molecule has 0 saturated heterocycles. The fourth-order valence-corrected chi connectivity index (χ4v) is 4.58. The van der Waals surface area contributed by atoms with Gasteiger partial charge in [-0.15, -0.1) is 0 Å². The molecule has 0 aromatic heterocycles. The minimum absolute atomic E-state index is 0.419. The minimum atomic E-state index is -1.10. The number of carboxylic acids is 1. The van der Waals surface area contributed by atoms with Crippen molar-refractivity contribution in [1.29, 1.82) is 0 Å². The van der Waals surface area contributed by atoms with E-state index in [9.17, 15) is 8.78 Å². The monoisotopic (exact) mass is 358 g/mol. The fourth-order valence-electron chi connectivity index (χ4n) is 2.25. The van der Waals surface area contributed by atoms with Crippen LogP contribution in [0.5, 0.6) is 0 Å². The van der Waals surface area contributed by atoms with E-state index in [4.69, 9.17) is 9.90 Å². The SMILES string of the molecule is CC(=O)O.Fc1cccc(P(c2ccccc2)c2ccccc2)c1F. The standard InChI is InChI=1S/C18H13F2P.C2H4O2/c19-16-12-7-13-17(18(16)20)21(14-8-3-1-4-9-14)15-10-5-2-6-11-15;1-2(3)4/h1-13H;1H3,(H,3,4). The lowest BCUT2D eigenvalue weighted by Crippen LogP contribution is -2.23. The van der Waals surface area contributed by atoms with Crippen molar-refractivity contribution in [3.63, 3.8) is 0 Å². The number of rotatable bonds is 3. The Labute approximate surface area is 146 Å². The molecule has 3 rings (SSSR count). The Morgan fingerprint density at radius 3 is 1.68 bits per heavy atom. The van der Waals surface area contributed by atoms with Crippen LogP contribution in [0.2, 0.25) is 0 Å². The van der Waals surface area contributed by atoms with Crippen LogP contribution in [0.1, 0.15) is 6.92 Å². The van der Waals surface area contributed by atoms with Crippen molar-refractivity contribution in [1.82, 2.24) is 0 Å². The summed E-state index contributed by atoms with van der Waals surface area (Å²) in [5.74, 6) is -2.39. The molecule has 0 unspecified atom stereocenters. The summed E-state index contributed by atoms with van der Waals surface area (Å²) < 4.78 is 27.9. The Morgan fingerprint density at radius 1 is 0.800 bits per heavy atom. The van der Waals surface area contributed by atoms with Gasteiger partial charge in [-0.3, -0.25) is 4.79 Å². The van der Waals surface area contributed by atoms with Crippen LogP contribution in [0.25, 0.3) is 0 Å². The second kappa shape index (κ2) is 9.05. The molecule has 0 spiro atoms. The molecule has 0 atom stereocenters. The summed E-state index contributed by atoms with van der Waals surface area (Å²) in [4.78, 5) is 9.00. The van der Waals surface area contributed by atoms with Crippen LogP contribution >= 0.6 is 7.92 Å². The highest BCUT2D eigenvalue weighted by Gasteiger charge is 2.21. The lowest BCUT2D eigenvalue weighted by Gasteiger charge is -2.19. The van der Waals surface area contributed by atoms with Crippen molar-refractivity contribution >= 4 is 29.8 Å². The molecular formula is C20H17F2O2P. The number of hydrogen-bond donors (Lipinski definition) is 1. The summed E-state index contributed by atoms with van der Waals surface area (Å²) >= 11 is 0. The maximum Gasteiger partial charge on any atom is 0.300 e. The Hall–Kier alpha value is -2.58. The number of halogens is 2. The van der Waals surface area contributed by atoms with Gasteiger partial charge in [0.05, 0.1) is 0 Å². The number of hydrogen-bond acceptors (Lipinski definition) is 1. The van der Waals surface area contributed by atoms with E-state index in [-0.39, 0.29) is 0 Å². The first-order valence-electron chi connectivity index (χ1n) is 7.54. The third-order valence-electron chi connectivity index (χ3n) is 3.20. The van der Waals surface area contributed by atoms with Gasteiger partial charge in [0.1, 0.15) is 0 Å². The summed E-state index contributed by atoms with van der Waals surface area (Å²) in [6.07, 6.45) is 0. The molecule has 1 N–H and O–H groups in total. The molecule has 5 heteroatoms.